The largest absolute Gasteiger partial charge is 0.127 e. The Kier molecular flexibility index (Phi) is 38.8. The second-order valence-electron chi connectivity index (χ2n) is 0.267. The highest BCUT2D eigenvalue weighted by molar-refractivity contribution is 6.85. The number of hydrogen-bond donors (Lipinski definition) is 0. The van der Waals surface area contributed by atoms with E-state index in [0.717, 1.165) is 5.88 Å². The third-order valence-corrected chi connectivity index (χ3v) is 0. The van der Waals surface area contributed by atoms with Crippen molar-refractivity contribution in [1.29, 1.82) is 0 Å². The van der Waals surface area contributed by atoms with Gasteiger partial charge in [-0.2, -0.15) is 0 Å². The van der Waals surface area contributed by atoms with Gasteiger partial charge in [0.05, 0.1) is 0 Å². The SMILES string of the molecule is CCCl.ClCl. The summed E-state index contributed by atoms with van der Waals surface area (Å²) >= 11 is 5.00. The van der Waals surface area contributed by atoms with E-state index >= 15 is 0 Å². The molecule has 0 heterocycles. The minimum Gasteiger partial charge on any atom is -0.127 e. The van der Waals surface area contributed by atoms with E-state index in [1.807, 2.05) is 6.92 Å². The summed E-state index contributed by atoms with van der Waals surface area (Å²) in [5.41, 5.74) is 0. The van der Waals surface area contributed by atoms with Gasteiger partial charge in [-0.05, 0) is 0 Å². The molecule has 0 aromatic heterocycles. The van der Waals surface area contributed by atoms with Crippen LogP contribution in [0.15, 0.2) is 0 Å². The molecule has 34 valence electrons. The lowest BCUT2D eigenvalue weighted by Crippen LogP contribution is -1.36. The van der Waals surface area contributed by atoms with Crippen LogP contribution in [0, 0.1) is 0 Å². The van der Waals surface area contributed by atoms with Crippen molar-refractivity contribution in [2.75, 3.05) is 5.88 Å². The minimum atomic E-state index is 0.722. The van der Waals surface area contributed by atoms with Crippen molar-refractivity contribution in [2.24, 2.45) is 0 Å². The Morgan fingerprint density at radius 2 is 1.40 bits per heavy atom. The molecule has 0 saturated carbocycles. The highest BCUT2D eigenvalue weighted by atomic mass is 36.5. The molecule has 3 heteroatoms. The fourth-order valence-corrected chi connectivity index (χ4v) is 0. The maximum Gasteiger partial charge on any atom is 0.0195 e. The quantitative estimate of drug-likeness (QED) is 0.448. The lowest BCUT2D eigenvalue weighted by atomic mass is 11.0. The standard InChI is InChI=1S/C2H5Cl.Cl2/c1-2-3;1-2/h2H2,1H3;. The molecule has 0 radical (unpaired) electrons. The zero-order chi connectivity index (χ0) is 4.71. The van der Waals surface area contributed by atoms with Crippen molar-refractivity contribution in [3.8, 4) is 0 Å². The lowest BCUT2D eigenvalue weighted by molar-refractivity contribution is 1.51. The molecule has 0 aliphatic heterocycles. The lowest BCUT2D eigenvalue weighted by Gasteiger charge is -1.45. The number of hydrogen-bond acceptors (Lipinski definition) is 0. The van der Waals surface area contributed by atoms with Gasteiger partial charge < -0.3 is 0 Å². The van der Waals surface area contributed by atoms with Crippen LogP contribution in [0.1, 0.15) is 6.92 Å². The fourth-order valence-electron chi connectivity index (χ4n) is 0. The van der Waals surface area contributed by atoms with Crippen LogP contribution in [-0.4, -0.2) is 5.88 Å². The molecule has 0 aliphatic carbocycles. The molecule has 0 bridgehead atoms. The molecule has 0 atom stereocenters. The van der Waals surface area contributed by atoms with Gasteiger partial charge in [0.15, 0.2) is 0 Å². The molecule has 0 aromatic rings. The van der Waals surface area contributed by atoms with Gasteiger partial charge in [-0.3, -0.25) is 0 Å². The van der Waals surface area contributed by atoms with Crippen molar-refractivity contribution in [1.82, 2.24) is 0 Å². The molecule has 0 aliphatic rings. The molecule has 0 unspecified atom stereocenters. The molecule has 0 fully saturated rings. The number of alkyl halides is 1. The summed E-state index contributed by atoms with van der Waals surface area (Å²) in [6.07, 6.45) is 0. The molecule has 5 heavy (non-hydrogen) atoms. The average Bonchev–Trinajstić information content (AvgIpc) is 1.46. The van der Waals surface area contributed by atoms with E-state index in [2.05, 4.69) is 21.7 Å². The van der Waals surface area contributed by atoms with E-state index in [0.29, 0.717) is 0 Å². The first-order chi connectivity index (χ1) is 2.41. The van der Waals surface area contributed by atoms with Gasteiger partial charge in [-0.15, -0.1) is 11.6 Å². The van der Waals surface area contributed by atoms with Crippen molar-refractivity contribution in [2.45, 2.75) is 6.92 Å². The van der Waals surface area contributed by atoms with Crippen LogP contribution in [0.4, 0.5) is 0 Å². The average molecular weight is 135 g/mol. The predicted molar refractivity (Wildman–Crippen MR) is 28.1 cm³/mol. The first-order valence-electron chi connectivity index (χ1n) is 1.12. The van der Waals surface area contributed by atoms with Crippen LogP contribution < -0.4 is 0 Å². The third-order valence-electron chi connectivity index (χ3n) is 0. The van der Waals surface area contributed by atoms with Gasteiger partial charge in [-0.1, -0.05) is 6.92 Å². The second kappa shape index (κ2) is 20.9. The van der Waals surface area contributed by atoms with E-state index in [1.165, 1.54) is 0 Å². The Bertz CT molecular complexity index is 4.85. The second-order valence-corrected chi connectivity index (χ2v) is 0.802. The Morgan fingerprint density at radius 3 is 1.40 bits per heavy atom. The van der Waals surface area contributed by atoms with Gasteiger partial charge in [0.25, 0.3) is 0 Å². The van der Waals surface area contributed by atoms with E-state index in [1.54, 1.807) is 0 Å². The van der Waals surface area contributed by atoms with Gasteiger partial charge >= 0.3 is 0 Å². The van der Waals surface area contributed by atoms with Crippen LogP contribution in [0.2, 0.25) is 0 Å². The molecule has 0 nitrogen and oxygen atoms in total. The molecule has 0 saturated heterocycles. The van der Waals surface area contributed by atoms with E-state index in [-0.39, 0.29) is 0 Å². The van der Waals surface area contributed by atoms with E-state index in [9.17, 15) is 0 Å². The highest BCUT2D eigenvalue weighted by Crippen LogP contribution is 1.69. The van der Waals surface area contributed by atoms with Crippen LogP contribution >= 0.6 is 33.3 Å². The summed E-state index contributed by atoms with van der Waals surface area (Å²) in [4.78, 5) is 0. The molecule has 0 aromatic carbocycles. The van der Waals surface area contributed by atoms with Crippen LogP contribution in [0.3, 0.4) is 0 Å². The van der Waals surface area contributed by atoms with E-state index < -0.39 is 0 Å². The van der Waals surface area contributed by atoms with Crippen molar-refractivity contribution in [3.63, 3.8) is 0 Å². The molecule has 0 rings (SSSR count). The van der Waals surface area contributed by atoms with Crippen molar-refractivity contribution < 1.29 is 0 Å². The summed E-state index contributed by atoms with van der Waals surface area (Å²) in [5, 5.41) is 0. The summed E-state index contributed by atoms with van der Waals surface area (Å²) in [6.45, 7) is 1.89. The Labute approximate surface area is 46.6 Å². The highest BCUT2D eigenvalue weighted by Gasteiger charge is 1.38. The van der Waals surface area contributed by atoms with Gasteiger partial charge in [0.2, 0.25) is 0 Å². The Morgan fingerprint density at radius 1 is 1.40 bits per heavy atom. The third kappa shape index (κ3) is 53.0. The van der Waals surface area contributed by atoms with Crippen LogP contribution in [0.5, 0.6) is 0 Å². The zero-order valence-electron chi connectivity index (χ0n) is 2.84. The fraction of sp³-hybridized carbons (Fsp3) is 1.00. The summed E-state index contributed by atoms with van der Waals surface area (Å²) in [6, 6.07) is 0. The minimum absolute atomic E-state index is 0.722. The van der Waals surface area contributed by atoms with Crippen molar-refractivity contribution >= 4 is 33.3 Å². The first-order valence-corrected chi connectivity index (χ1v) is 2.79. The summed E-state index contributed by atoms with van der Waals surface area (Å²) in [5.74, 6) is 0.722. The Hall–Kier alpha value is 0.870. The van der Waals surface area contributed by atoms with Gasteiger partial charge in [0, 0.05) is 27.6 Å². The predicted octanol–water partition coefficient (Wildman–Crippen LogP) is 2.62. The topological polar surface area (TPSA) is 0 Å². The molecule has 0 spiro atoms. The van der Waals surface area contributed by atoms with Gasteiger partial charge in [-0.25, -0.2) is 0 Å². The summed E-state index contributed by atoms with van der Waals surface area (Å²) < 4.78 is 0. The maximum atomic E-state index is 5.00. The molecule has 0 N–H and O–H groups in total. The monoisotopic (exact) mass is 134 g/mol. The van der Waals surface area contributed by atoms with Crippen LogP contribution in [0.25, 0.3) is 0 Å². The van der Waals surface area contributed by atoms with Crippen molar-refractivity contribution in [3.05, 3.63) is 0 Å². The molecular formula is C2H5Cl3. The molecular weight excluding hydrogens is 130 g/mol. The number of halogens is 3. The smallest absolute Gasteiger partial charge is 0.0195 e. The number of rotatable bonds is 0. The normalized spacial score (nSPS) is 4.80. The molecule has 0 amide bonds. The van der Waals surface area contributed by atoms with Crippen LogP contribution in [-0.2, 0) is 0 Å². The summed E-state index contributed by atoms with van der Waals surface area (Å²) in [7, 11) is 8.22. The maximum absolute atomic E-state index is 5.00. The Balaban J connectivity index is 0. The van der Waals surface area contributed by atoms with Gasteiger partial charge in [0.1, 0.15) is 0 Å². The first kappa shape index (κ1) is 9.30. The van der Waals surface area contributed by atoms with E-state index in [4.69, 9.17) is 11.6 Å². The zero-order valence-corrected chi connectivity index (χ0v) is 5.11.